The van der Waals surface area contributed by atoms with Gasteiger partial charge in [0.05, 0.1) is 31.0 Å². The topological polar surface area (TPSA) is 89.6 Å². The maximum atomic E-state index is 12.1. The van der Waals surface area contributed by atoms with Crippen LogP contribution in [0.15, 0.2) is 29.0 Å². The molecule has 134 valence electrons. The Morgan fingerprint density at radius 1 is 1.44 bits per heavy atom. The van der Waals surface area contributed by atoms with E-state index in [0.29, 0.717) is 31.1 Å². The third-order valence-electron chi connectivity index (χ3n) is 4.25. The lowest BCUT2D eigenvalue weighted by molar-refractivity contribution is -0.138. The van der Waals surface area contributed by atoms with Gasteiger partial charge in [0.25, 0.3) is 0 Å². The van der Waals surface area contributed by atoms with Crippen LogP contribution in [-0.2, 0) is 33.8 Å². The molecule has 25 heavy (non-hydrogen) atoms. The average Bonchev–Trinajstić information content (AvgIpc) is 3.23. The quantitative estimate of drug-likeness (QED) is 0.839. The molecule has 0 bridgehead atoms. The van der Waals surface area contributed by atoms with Crippen molar-refractivity contribution in [3.8, 4) is 0 Å². The Bertz CT molecular complexity index is 738. The van der Waals surface area contributed by atoms with Crippen molar-refractivity contribution < 1.29 is 18.7 Å². The zero-order valence-corrected chi connectivity index (χ0v) is 14.4. The lowest BCUT2D eigenvalue weighted by Gasteiger charge is -2.33. The Morgan fingerprint density at radius 2 is 2.28 bits per heavy atom. The smallest absolute Gasteiger partial charge is 0.249 e. The molecule has 0 aliphatic carbocycles. The molecule has 2 aromatic rings. The highest BCUT2D eigenvalue weighted by molar-refractivity contribution is 5.78. The third kappa shape index (κ3) is 3.90. The van der Waals surface area contributed by atoms with Crippen molar-refractivity contribution in [1.82, 2.24) is 19.8 Å². The van der Waals surface area contributed by atoms with Gasteiger partial charge in [0.2, 0.25) is 11.8 Å². The van der Waals surface area contributed by atoms with Gasteiger partial charge in [0.15, 0.2) is 0 Å². The molecule has 1 atom stereocenters. The number of furan rings is 1. The molecule has 1 N–H and O–H groups in total. The molecule has 0 unspecified atom stereocenters. The fourth-order valence-electron chi connectivity index (χ4n) is 3.01. The number of imidazole rings is 1. The van der Waals surface area contributed by atoms with Crippen molar-refractivity contribution in [2.24, 2.45) is 0 Å². The van der Waals surface area contributed by atoms with E-state index in [0.717, 1.165) is 5.82 Å². The summed E-state index contributed by atoms with van der Waals surface area (Å²) in [6.07, 6.45) is 3.65. The molecule has 2 aromatic heterocycles. The molecule has 3 rings (SSSR count). The number of methoxy groups -OCH3 is 1. The molecular formula is C17H22N4O4. The second-order valence-corrected chi connectivity index (χ2v) is 6.01. The first-order chi connectivity index (χ1) is 12.1. The fourth-order valence-corrected chi connectivity index (χ4v) is 3.01. The molecule has 1 aliphatic heterocycles. The normalized spacial score (nSPS) is 16.6. The molecule has 0 saturated carbocycles. The molecule has 1 aliphatic rings. The van der Waals surface area contributed by atoms with Gasteiger partial charge in [-0.2, -0.15) is 0 Å². The highest BCUT2D eigenvalue weighted by atomic mass is 16.5. The highest BCUT2D eigenvalue weighted by Crippen LogP contribution is 2.24. The molecule has 8 heteroatoms. The number of carbonyl (C=O) groups excluding carboxylic acids is 2. The fraction of sp³-hybridized carbons (Fsp3) is 0.471. The molecular weight excluding hydrogens is 324 g/mol. The number of fused-ring (bicyclic) bond motifs is 1. The zero-order valence-electron chi connectivity index (χ0n) is 14.4. The Hall–Kier alpha value is -2.61. The van der Waals surface area contributed by atoms with Crippen LogP contribution in [0.1, 0.15) is 30.2 Å². The van der Waals surface area contributed by atoms with Crippen molar-refractivity contribution in [2.75, 3.05) is 20.3 Å². The van der Waals surface area contributed by atoms with Crippen LogP contribution in [0.5, 0.6) is 0 Å². The molecule has 2 amide bonds. The van der Waals surface area contributed by atoms with E-state index in [1.165, 1.54) is 7.11 Å². The maximum Gasteiger partial charge on any atom is 0.249 e. The summed E-state index contributed by atoms with van der Waals surface area (Å²) < 4.78 is 12.1. The summed E-state index contributed by atoms with van der Waals surface area (Å²) in [7, 11) is 1.51. The van der Waals surface area contributed by atoms with Gasteiger partial charge in [-0.25, -0.2) is 4.98 Å². The maximum absolute atomic E-state index is 12.1. The minimum atomic E-state index is -0.142. The number of aromatic nitrogens is 2. The van der Waals surface area contributed by atoms with Crippen LogP contribution in [0.4, 0.5) is 0 Å². The number of hydrogen-bond acceptors (Lipinski definition) is 5. The predicted molar refractivity (Wildman–Crippen MR) is 88.5 cm³/mol. The Kier molecular flexibility index (Phi) is 5.18. The number of rotatable bonds is 6. The molecule has 3 heterocycles. The van der Waals surface area contributed by atoms with Crippen molar-refractivity contribution in [2.45, 2.75) is 32.5 Å². The van der Waals surface area contributed by atoms with Crippen LogP contribution < -0.4 is 5.32 Å². The standard InChI is InChI=1S/C17H22N4O4/c1-12-17-19-13(8-15(22)18-9-14-4-3-7-25-14)10-20(17)5-6-21(12)16(23)11-24-2/h3-4,7,10,12H,5-6,8-9,11H2,1-2H3,(H,18,22)/t12-/m1/s1. The van der Waals surface area contributed by atoms with Crippen LogP contribution in [0.3, 0.4) is 0 Å². The Balaban J connectivity index is 1.61. The third-order valence-corrected chi connectivity index (χ3v) is 4.25. The summed E-state index contributed by atoms with van der Waals surface area (Å²) in [6, 6.07) is 3.45. The number of nitrogens with zero attached hydrogens (tertiary/aromatic N) is 3. The number of hydrogen-bond donors (Lipinski definition) is 1. The van der Waals surface area contributed by atoms with Crippen LogP contribution in [-0.4, -0.2) is 46.5 Å². The van der Waals surface area contributed by atoms with Crippen LogP contribution in [0, 0.1) is 0 Å². The van der Waals surface area contributed by atoms with Crippen LogP contribution >= 0.6 is 0 Å². The number of carbonyl (C=O) groups is 2. The number of ether oxygens (including phenoxy) is 1. The SMILES string of the molecule is COCC(=O)N1CCn2cc(CC(=O)NCc3ccco3)nc2[C@H]1C. The largest absolute Gasteiger partial charge is 0.467 e. The number of nitrogens with one attached hydrogen (secondary N) is 1. The summed E-state index contributed by atoms with van der Waals surface area (Å²) in [6.45, 7) is 3.63. The number of amides is 2. The lowest BCUT2D eigenvalue weighted by atomic mass is 10.2. The van der Waals surface area contributed by atoms with E-state index in [1.807, 2.05) is 23.8 Å². The van der Waals surface area contributed by atoms with Gasteiger partial charge in [0.1, 0.15) is 18.2 Å². The van der Waals surface area contributed by atoms with Gasteiger partial charge in [-0.3, -0.25) is 9.59 Å². The van der Waals surface area contributed by atoms with E-state index in [4.69, 9.17) is 9.15 Å². The summed E-state index contributed by atoms with van der Waals surface area (Å²) in [5, 5.41) is 2.81. The van der Waals surface area contributed by atoms with E-state index in [-0.39, 0.29) is 30.9 Å². The van der Waals surface area contributed by atoms with Gasteiger partial charge in [-0.1, -0.05) is 0 Å². The van der Waals surface area contributed by atoms with Crippen molar-refractivity contribution in [3.05, 3.63) is 41.9 Å². The van der Waals surface area contributed by atoms with Gasteiger partial charge < -0.3 is 23.9 Å². The predicted octanol–water partition coefficient (Wildman–Crippen LogP) is 0.885. The van der Waals surface area contributed by atoms with E-state index in [1.54, 1.807) is 17.2 Å². The average molecular weight is 346 g/mol. The molecule has 0 spiro atoms. The summed E-state index contributed by atoms with van der Waals surface area (Å²) in [5.74, 6) is 1.33. The van der Waals surface area contributed by atoms with Gasteiger partial charge in [-0.05, 0) is 19.1 Å². The minimum Gasteiger partial charge on any atom is -0.467 e. The molecule has 8 nitrogen and oxygen atoms in total. The van der Waals surface area contributed by atoms with Gasteiger partial charge in [-0.15, -0.1) is 0 Å². The van der Waals surface area contributed by atoms with E-state index >= 15 is 0 Å². The van der Waals surface area contributed by atoms with Crippen LogP contribution in [0.2, 0.25) is 0 Å². The van der Waals surface area contributed by atoms with Gasteiger partial charge >= 0.3 is 0 Å². The monoisotopic (exact) mass is 346 g/mol. The second kappa shape index (κ2) is 7.52. The molecule has 0 saturated heterocycles. The van der Waals surface area contributed by atoms with Gasteiger partial charge in [0, 0.05) is 26.4 Å². The molecule has 0 fully saturated rings. The zero-order chi connectivity index (χ0) is 17.8. The summed E-state index contributed by atoms with van der Waals surface area (Å²) in [4.78, 5) is 30.5. The first-order valence-electron chi connectivity index (χ1n) is 8.22. The Morgan fingerprint density at radius 3 is 3.00 bits per heavy atom. The van der Waals surface area contributed by atoms with E-state index in [9.17, 15) is 9.59 Å². The van der Waals surface area contributed by atoms with Crippen molar-refractivity contribution in [3.63, 3.8) is 0 Å². The minimum absolute atomic E-state index is 0.0537. The lowest BCUT2D eigenvalue weighted by Crippen LogP contribution is -2.42. The van der Waals surface area contributed by atoms with Crippen molar-refractivity contribution in [1.29, 1.82) is 0 Å². The summed E-state index contributed by atoms with van der Waals surface area (Å²) >= 11 is 0. The van der Waals surface area contributed by atoms with E-state index < -0.39 is 0 Å². The molecule has 0 radical (unpaired) electrons. The first-order valence-corrected chi connectivity index (χ1v) is 8.22. The highest BCUT2D eigenvalue weighted by Gasteiger charge is 2.29. The summed E-state index contributed by atoms with van der Waals surface area (Å²) in [5.41, 5.74) is 0.694. The van der Waals surface area contributed by atoms with Crippen LogP contribution in [0.25, 0.3) is 0 Å². The van der Waals surface area contributed by atoms with Crippen molar-refractivity contribution >= 4 is 11.8 Å². The Labute approximate surface area is 145 Å². The second-order valence-electron chi connectivity index (χ2n) is 6.01. The molecule has 0 aromatic carbocycles. The van der Waals surface area contributed by atoms with E-state index in [2.05, 4.69) is 10.3 Å². The first kappa shape index (κ1) is 17.2.